The van der Waals surface area contributed by atoms with Crippen molar-refractivity contribution in [1.29, 1.82) is 0 Å². The van der Waals surface area contributed by atoms with Gasteiger partial charge >= 0.3 is 0 Å². The summed E-state index contributed by atoms with van der Waals surface area (Å²) in [5, 5.41) is 3.42. The SMILES string of the molecule is CCOc1ccc(NCC(CC)CN)cc1C. The van der Waals surface area contributed by atoms with Gasteiger partial charge in [-0.25, -0.2) is 0 Å². The van der Waals surface area contributed by atoms with E-state index in [9.17, 15) is 0 Å². The molecule has 0 fully saturated rings. The minimum Gasteiger partial charge on any atom is -0.494 e. The Hall–Kier alpha value is -1.22. The average Bonchev–Trinajstić information content (AvgIpc) is 2.34. The van der Waals surface area contributed by atoms with Crippen molar-refractivity contribution in [2.45, 2.75) is 27.2 Å². The molecule has 0 aliphatic carbocycles. The summed E-state index contributed by atoms with van der Waals surface area (Å²) < 4.78 is 5.51. The highest BCUT2D eigenvalue weighted by Gasteiger charge is 2.04. The zero-order chi connectivity index (χ0) is 12.7. The quantitative estimate of drug-likeness (QED) is 0.765. The smallest absolute Gasteiger partial charge is 0.122 e. The molecule has 17 heavy (non-hydrogen) atoms. The highest BCUT2D eigenvalue weighted by atomic mass is 16.5. The molecule has 0 bridgehead atoms. The monoisotopic (exact) mass is 236 g/mol. The maximum absolute atomic E-state index is 5.68. The fourth-order valence-electron chi connectivity index (χ4n) is 1.73. The number of benzene rings is 1. The summed E-state index contributed by atoms with van der Waals surface area (Å²) in [6.07, 6.45) is 1.11. The molecule has 3 N–H and O–H groups in total. The Labute approximate surface area is 104 Å². The van der Waals surface area contributed by atoms with Crippen molar-refractivity contribution in [3.05, 3.63) is 23.8 Å². The Morgan fingerprint density at radius 1 is 1.35 bits per heavy atom. The zero-order valence-corrected chi connectivity index (χ0v) is 11.1. The van der Waals surface area contributed by atoms with Gasteiger partial charge in [0.2, 0.25) is 0 Å². The fourth-order valence-corrected chi connectivity index (χ4v) is 1.73. The summed E-state index contributed by atoms with van der Waals surface area (Å²) >= 11 is 0. The molecule has 0 saturated carbocycles. The van der Waals surface area contributed by atoms with Gasteiger partial charge < -0.3 is 15.8 Å². The molecule has 0 radical (unpaired) electrons. The summed E-state index contributed by atoms with van der Waals surface area (Å²) in [6.45, 7) is 8.61. The van der Waals surface area contributed by atoms with Crippen LogP contribution in [-0.2, 0) is 0 Å². The van der Waals surface area contributed by atoms with Crippen LogP contribution in [0.4, 0.5) is 5.69 Å². The van der Waals surface area contributed by atoms with Crippen molar-refractivity contribution in [2.75, 3.05) is 25.0 Å². The first-order valence-electron chi connectivity index (χ1n) is 6.38. The maximum atomic E-state index is 5.68. The lowest BCUT2D eigenvalue weighted by Gasteiger charge is -2.15. The lowest BCUT2D eigenvalue weighted by molar-refractivity contribution is 0.338. The van der Waals surface area contributed by atoms with E-state index in [4.69, 9.17) is 10.5 Å². The molecule has 0 saturated heterocycles. The summed E-state index contributed by atoms with van der Waals surface area (Å²) in [4.78, 5) is 0. The summed E-state index contributed by atoms with van der Waals surface area (Å²) in [5.41, 5.74) is 7.98. The van der Waals surface area contributed by atoms with Crippen LogP contribution < -0.4 is 15.8 Å². The van der Waals surface area contributed by atoms with Gasteiger partial charge in [0.15, 0.2) is 0 Å². The largest absolute Gasteiger partial charge is 0.494 e. The third-order valence-corrected chi connectivity index (χ3v) is 2.98. The molecule has 0 aliphatic heterocycles. The molecule has 1 aromatic carbocycles. The van der Waals surface area contributed by atoms with Gasteiger partial charge in [-0.05, 0) is 50.1 Å². The van der Waals surface area contributed by atoms with Crippen LogP contribution in [-0.4, -0.2) is 19.7 Å². The van der Waals surface area contributed by atoms with Crippen LogP contribution in [0.1, 0.15) is 25.8 Å². The second-order valence-corrected chi connectivity index (χ2v) is 4.30. The molecule has 0 heterocycles. The van der Waals surface area contributed by atoms with E-state index in [2.05, 4.69) is 31.3 Å². The van der Waals surface area contributed by atoms with Crippen LogP contribution >= 0.6 is 0 Å². The first kappa shape index (κ1) is 13.8. The van der Waals surface area contributed by atoms with E-state index in [0.29, 0.717) is 12.5 Å². The third-order valence-electron chi connectivity index (χ3n) is 2.98. The van der Waals surface area contributed by atoms with Crippen LogP contribution in [0.25, 0.3) is 0 Å². The highest BCUT2D eigenvalue weighted by molar-refractivity contribution is 5.50. The predicted octanol–water partition coefficient (Wildman–Crippen LogP) is 2.79. The number of rotatable bonds is 7. The number of hydrogen-bond donors (Lipinski definition) is 2. The third kappa shape index (κ3) is 4.27. The highest BCUT2D eigenvalue weighted by Crippen LogP contribution is 2.22. The van der Waals surface area contributed by atoms with E-state index in [1.54, 1.807) is 0 Å². The van der Waals surface area contributed by atoms with Crippen molar-refractivity contribution in [3.8, 4) is 5.75 Å². The van der Waals surface area contributed by atoms with Gasteiger partial charge in [-0.2, -0.15) is 0 Å². The van der Waals surface area contributed by atoms with Gasteiger partial charge in [-0.3, -0.25) is 0 Å². The minimum absolute atomic E-state index is 0.543. The zero-order valence-electron chi connectivity index (χ0n) is 11.1. The molecular weight excluding hydrogens is 212 g/mol. The lowest BCUT2D eigenvalue weighted by Crippen LogP contribution is -2.22. The van der Waals surface area contributed by atoms with E-state index in [0.717, 1.165) is 36.5 Å². The lowest BCUT2D eigenvalue weighted by atomic mass is 10.1. The van der Waals surface area contributed by atoms with Gasteiger partial charge in [-0.15, -0.1) is 0 Å². The summed E-state index contributed by atoms with van der Waals surface area (Å²) in [5.74, 6) is 1.51. The van der Waals surface area contributed by atoms with E-state index in [1.165, 1.54) is 0 Å². The van der Waals surface area contributed by atoms with Crippen molar-refractivity contribution < 1.29 is 4.74 Å². The van der Waals surface area contributed by atoms with Crippen molar-refractivity contribution in [1.82, 2.24) is 0 Å². The van der Waals surface area contributed by atoms with Gasteiger partial charge in [0.25, 0.3) is 0 Å². The second-order valence-electron chi connectivity index (χ2n) is 4.30. The molecule has 1 atom stereocenters. The van der Waals surface area contributed by atoms with Gasteiger partial charge in [0, 0.05) is 12.2 Å². The van der Waals surface area contributed by atoms with Crippen LogP contribution in [0.15, 0.2) is 18.2 Å². The average molecular weight is 236 g/mol. The van der Waals surface area contributed by atoms with Gasteiger partial charge in [-0.1, -0.05) is 13.3 Å². The molecule has 0 aliphatic rings. The van der Waals surface area contributed by atoms with E-state index < -0.39 is 0 Å². The first-order chi connectivity index (χ1) is 8.21. The van der Waals surface area contributed by atoms with Gasteiger partial charge in [0.1, 0.15) is 5.75 Å². The van der Waals surface area contributed by atoms with E-state index >= 15 is 0 Å². The molecule has 0 amide bonds. The molecule has 1 unspecified atom stereocenters. The van der Waals surface area contributed by atoms with Crippen LogP contribution in [0.2, 0.25) is 0 Å². The number of ether oxygens (including phenoxy) is 1. The number of aryl methyl sites for hydroxylation is 1. The number of hydrogen-bond acceptors (Lipinski definition) is 3. The Bertz CT molecular complexity index is 335. The normalized spacial score (nSPS) is 12.2. The Morgan fingerprint density at radius 2 is 2.12 bits per heavy atom. The van der Waals surface area contributed by atoms with Crippen LogP contribution in [0, 0.1) is 12.8 Å². The molecular formula is C14H24N2O. The molecule has 96 valence electrons. The van der Waals surface area contributed by atoms with Crippen LogP contribution in [0.5, 0.6) is 5.75 Å². The van der Waals surface area contributed by atoms with Crippen LogP contribution in [0.3, 0.4) is 0 Å². The topological polar surface area (TPSA) is 47.3 Å². The van der Waals surface area contributed by atoms with Crippen molar-refractivity contribution in [2.24, 2.45) is 11.7 Å². The Kier molecular flexibility index (Phi) is 5.84. The van der Waals surface area contributed by atoms with Crippen molar-refractivity contribution >= 4 is 5.69 Å². The van der Waals surface area contributed by atoms with E-state index in [-0.39, 0.29) is 0 Å². The standard InChI is InChI=1S/C14H24N2O/c1-4-12(9-15)10-16-13-6-7-14(17-5-2)11(3)8-13/h6-8,12,16H,4-5,9-10,15H2,1-3H3. The van der Waals surface area contributed by atoms with Gasteiger partial charge in [0.05, 0.1) is 6.61 Å². The molecule has 3 nitrogen and oxygen atoms in total. The molecule has 1 aromatic rings. The molecule has 1 rings (SSSR count). The molecule has 0 aromatic heterocycles. The Balaban J connectivity index is 2.58. The first-order valence-corrected chi connectivity index (χ1v) is 6.38. The molecule has 0 spiro atoms. The number of nitrogens with one attached hydrogen (secondary N) is 1. The summed E-state index contributed by atoms with van der Waals surface area (Å²) in [6, 6.07) is 6.19. The maximum Gasteiger partial charge on any atom is 0.122 e. The second kappa shape index (κ2) is 7.17. The number of anilines is 1. The molecule has 3 heteroatoms. The van der Waals surface area contributed by atoms with Crippen molar-refractivity contribution in [3.63, 3.8) is 0 Å². The minimum atomic E-state index is 0.543. The fraction of sp³-hybridized carbons (Fsp3) is 0.571. The summed E-state index contributed by atoms with van der Waals surface area (Å²) in [7, 11) is 0. The van der Waals surface area contributed by atoms with E-state index in [1.807, 2.05) is 13.0 Å². The predicted molar refractivity (Wildman–Crippen MR) is 73.7 cm³/mol. The number of nitrogens with two attached hydrogens (primary N) is 1. The Morgan fingerprint density at radius 3 is 2.65 bits per heavy atom.